The van der Waals surface area contributed by atoms with E-state index in [0.29, 0.717) is 12.8 Å². The summed E-state index contributed by atoms with van der Waals surface area (Å²) in [5.74, 6) is -0.0788. The van der Waals surface area contributed by atoms with Crippen molar-refractivity contribution in [3.8, 4) is 0 Å². The number of aromatic nitrogens is 4. The standard InChI is InChI=1S/C21H22N6O2/c28-18(24-16-8-4-6-14-12-22-26-20(14)16)10-2-1-3-11-19(29)25-17-9-5-7-15-13-23-27-21(15)17/h4-9,12-13H,1-3,10-11H2,(H,22,26)(H,23,27)(H,24,28)(H,25,29). The van der Waals surface area contributed by atoms with Crippen LogP contribution >= 0.6 is 0 Å². The summed E-state index contributed by atoms with van der Waals surface area (Å²) in [5, 5.41) is 21.5. The third-order valence-electron chi connectivity index (χ3n) is 4.81. The first-order valence-electron chi connectivity index (χ1n) is 9.64. The zero-order valence-electron chi connectivity index (χ0n) is 15.9. The van der Waals surface area contributed by atoms with Crippen LogP contribution in [0.2, 0.25) is 0 Å². The Kier molecular flexibility index (Phi) is 5.51. The van der Waals surface area contributed by atoms with E-state index in [1.165, 1.54) is 0 Å². The average molecular weight is 390 g/mol. The number of hydrogen-bond acceptors (Lipinski definition) is 4. The van der Waals surface area contributed by atoms with Crippen LogP contribution in [-0.4, -0.2) is 32.2 Å². The van der Waals surface area contributed by atoms with Gasteiger partial charge in [-0.25, -0.2) is 0 Å². The maximum Gasteiger partial charge on any atom is 0.224 e. The van der Waals surface area contributed by atoms with E-state index in [0.717, 1.165) is 52.4 Å². The fourth-order valence-electron chi connectivity index (χ4n) is 3.32. The molecule has 148 valence electrons. The first-order chi connectivity index (χ1) is 14.2. The molecule has 0 bridgehead atoms. The van der Waals surface area contributed by atoms with Gasteiger partial charge in [-0.3, -0.25) is 19.8 Å². The molecule has 8 nitrogen and oxygen atoms in total. The second-order valence-electron chi connectivity index (χ2n) is 6.94. The second-order valence-corrected chi connectivity index (χ2v) is 6.94. The highest BCUT2D eigenvalue weighted by molar-refractivity contribution is 6.01. The molecule has 0 aliphatic carbocycles. The Morgan fingerprint density at radius 2 is 1.21 bits per heavy atom. The average Bonchev–Trinajstić information content (AvgIpc) is 3.38. The molecule has 0 saturated carbocycles. The number of H-pyrrole nitrogens is 2. The number of rotatable bonds is 8. The minimum absolute atomic E-state index is 0.0394. The van der Waals surface area contributed by atoms with Crippen LogP contribution in [0.3, 0.4) is 0 Å². The molecule has 0 saturated heterocycles. The van der Waals surface area contributed by atoms with Gasteiger partial charge in [-0.1, -0.05) is 30.7 Å². The van der Waals surface area contributed by atoms with Crippen LogP contribution in [0.25, 0.3) is 21.8 Å². The molecule has 0 spiro atoms. The van der Waals surface area contributed by atoms with Crippen LogP contribution in [0, 0.1) is 0 Å². The van der Waals surface area contributed by atoms with Gasteiger partial charge in [-0.15, -0.1) is 0 Å². The Morgan fingerprint density at radius 3 is 1.69 bits per heavy atom. The summed E-state index contributed by atoms with van der Waals surface area (Å²) in [6, 6.07) is 11.3. The van der Waals surface area contributed by atoms with E-state index >= 15 is 0 Å². The van der Waals surface area contributed by atoms with Crippen LogP contribution in [0.4, 0.5) is 11.4 Å². The van der Waals surface area contributed by atoms with Gasteiger partial charge in [-0.2, -0.15) is 10.2 Å². The molecule has 4 N–H and O–H groups in total. The number of carbonyl (C=O) groups is 2. The third kappa shape index (κ3) is 4.43. The lowest BCUT2D eigenvalue weighted by molar-refractivity contribution is -0.116. The van der Waals surface area contributed by atoms with Crippen molar-refractivity contribution in [1.82, 2.24) is 20.4 Å². The van der Waals surface area contributed by atoms with Crippen LogP contribution in [0.1, 0.15) is 32.1 Å². The van der Waals surface area contributed by atoms with E-state index in [9.17, 15) is 9.59 Å². The molecule has 29 heavy (non-hydrogen) atoms. The number of fused-ring (bicyclic) bond motifs is 2. The molecule has 4 rings (SSSR count). The van der Waals surface area contributed by atoms with Crippen molar-refractivity contribution in [2.75, 3.05) is 10.6 Å². The Hall–Kier alpha value is -3.68. The zero-order chi connectivity index (χ0) is 20.1. The van der Waals surface area contributed by atoms with Gasteiger partial charge in [0, 0.05) is 23.6 Å². The molecule has 8 heteroatoms. The predicted octanol–water partition coefficient (Wildman–Crippen LogP) is 3.97. The van der Waals surface area contributed by atoms with Gasteiger partial charge in [0.25, 0.3) is 0 Å². The third-order valence-corrected chi connectivity index (χ3v) is 4.81. The molecule has 2 heterocycles. The highest BCUT2D eigenvalue weighted by Crippen LogP contribution is 2.22. The fraction of sp³-hybridized carbons (Fsp3) is 0.238. The highest BCUT2D eigenvalue weighted by Gasteiger charge is 2.09. The van der Waals surface area contributed by atoms with Crippen LogP contribution in [-0.2, 0) is 9.59 Å². The van der Waals surface area contributed by atoms with Crippen molar-refractivity contribution >= 4 is 45.0 Å². The number of nitrogens with one attached hydrogen (secondary N) is 4. The number of hydrogen-bond donors (Lipinski definition) is 4. The summed E-state index contributed by atoms with van der Waals surface area (Å²) in [5.41, 5.74) is 3.12. The van der Waals surface area contributed by atoms with E-state index in [4.69, 9.17) is 0 Å². The van der Waals surface area contributed by atoms with Gasteiger partial charge in [0.05, 0.1) is 34.8 Å². The topological polar surface area (TPSA) is 116 Å². The van der Waals surface area contributed by atoms with Crippen molar-refractivity contribution < 1.29 is 9.59 Å². The summed E-state index contributed by atoms with van der Waals surface area (Å²) >= 11 is 0. The smallest absolute Gasteiger partial charge is 0.224 e. The van der Waals surface area contributed by atoms with E-state index in [1.807, 2.05) is 36.4 Å². The summed E-state index contributed by atoms with van der Waals surface area (Å²) in [6.07, 6.45) is 6.55. The number of carbonyl (C=O) groups excluding carboxylic acids is 2. The molecule has 2 amide bonds. The monoisotopic (exact) mass is 390 g/mol. The van der Waals surface area contributed by atoms with Crippen molar-refractivity contribution in [1.29, 1.82) is 0 Å². The molecule has 2 aromatic heterocycles. The number of unbranched alkanes of at least 4 members (excludes halogenated alkanes) is 2. The number of para-hydroxylation sites is 2. The van der Waals surface area contributed by atoms with Crippen molar-refractivity contribution in [3.05, 3.63) is 48.8 Å². The van der Waals surface area contributed by atoms with Gasteiger partial charge in [0.15, 0.2) is 0 Å². The SMILES string of the molecule is O=C(CCCCCC(=O)Nc1cccc2cn[nH]c12)Nc1cccc2cn[nH]c12. The molecule has 2 aromatic carbocycles. The maximum absolute atomic E-state index is 12.2. The Labute approximate surface area is 167 Å². The van der Waals surface area contributed by atoms with Crippen LogP contribution in [0.15, 0.2) is 48.8 Å². The quantitative estimate of drug-likeness (QED) is 0.341. The normalized spacial score (nSPS) is 11.0. The first-order valence-corrected chi connectivity index (χ1v) is 9.64. The Balaban J connectivity index is 1.18. The minimum atomic E-state index is -0.0394. The molecule has 0 atom stereocenters. The van der Waals surface area contributed by atoms with E-state index in [-0.39, 0.29) is 11.8 Å². The maximum atomic E-state index is 12.2. The lowest BCUT2D eigenvalue weighted by atomic mass is 10.1. The molecule has 0 aliphatic rings. The lowest BCUT2D eigenvalue weighted by Gasteiger charge is -2.07. The fourth-order valence-corrected chi connectivity index (χ4v) is 3.32. The second kappa shape index (κ2) is 8.55. The van der Waals surface area contributed by atoms with Gasteiger partial charge >= 0.3 is 0 Å². The van der Waals surface area contributed by atoms with Gasteiger partial charge in [0.1, 0.15) is 0 Å². The largest absolute Gasteiger partial charge is 0.324 e. The van der Waals surface area contributed by atoms with E-state index < -0.39 is 0 Å². The summed E-state index contributed by atoms with van der Waals surface area (Å²) in [6.45, 7) is 0. The number of anilines is 2. The molecule has 0 fully saturated rings. The van der Waals surface area contributed by atoms with Gasteiger partial charge < -0.3 is 10.6 Å². The van der Waals surface area contributed by atoms with Crippen LogP contribution < -0.4 is 10.6 Å². The number of benzene rings is 2. The summed E-state index contributed by atoms with van der Waals surface area (Å²) < 4.78 is 0. The predicted molar refractivity (Wildman–Crippen MR) is 113 cm³/mol. The molecular weight excluding hydrogens is 368 g/mol. The van der Waals surface area contributed by atoms with Crippen LogP contribution in [0.5, 0.6) is 0 Å². The minimum Gasteiger partial charge on any atom is -0.324 e. The molecule has 0 aliphatic heterocycles. The lowest BCUT2D eigenvalue weighted by Crippen LogP contribution is -2.12. The van der Waals surface area contributed by atoms with Gasteiger partial charge in [-0.05, 0) is 25.0 Å². The van der Waals surface area contributed by atoms with Crippen molar-refractivity contribution in [2.24, 2.45) is 0 Å². The van der Waals surface area contributed by atoms with Crippen molar-refractivity contribution in [2.45, 2.75) is 32.1 Å². The molecular formula is C21H22N6O2. The highest BCUT2D eigenvalue weighted by atomic mass is 16.2. The Morgan fingerprint density at radius 1 is 0.724 bits per heavy atom. The number of aromatic amines is 2. The summed E-state index contributed by atoms with van der Waals surface area (Å²) in [4.78, 5) is 24.4. The molecule has 4 aromatic rings. The van der Waals surface area contributed by atoms with E-state index in [1.54, 1.807) is 12.4 Å². The molecule has 0 unspecified atom stereocenters. The number of nitrogens with zero attached hydrogens (tertiary/aromatic N) is 2. The first kappa shape index (κ1) is 18.7. The summed E-state index contributed by atoms with van der Waals surface area (Å²) in [7, 11) is 0. The van der Waals surface area contributed by atoms with Gasteiger partial charge in [0.2, 0.25) is 11.8 Å². The van der Waals surface area contributed by atoms with Crippen molar-refractivity contribution in [3.63, 3.8) is 0 Å². The molecule has 0 radical (unpaired) electrons. The van der Waals surface area contributed by atoms with E-state index in [2.05, 4.69) is 31.0 Å². The number of amides is 2. The Bertz CT molecular complexity index is 1060. The zero-order valence-corrected chi connectivity index (χ0v) is 15.9.